The van der Waals surface area contributed by atoms with Crippen molar-refractivity contribution in [2.24, 2.45) is 23.7 Å². The Morgan fingerprint density at radius 2 is 1.11 bits per heavy atom. The summed E-state index contributed by atoms with van der Waals surface area (Å²) in [6.45, 7) is 5.09. The maximum Gasteiger partial charge on any atom is 0.165 e. The van der Waals surface area contributed by atoms with Crippen LogP contribution in [0.15, 0.2) is 176 Å². The van der Waals surface area contributed by atoms with E-state index in [4.69, 9.17) is 15.0 Å². The molecule has 0 amide bonds. The normalized spacial score (nSPS) is 21.1. The van der Waals surface area contributed by atoms with E-state index in [-0.39, 0.29) is 5.41 Å². The van der Waals surface area contributed by atoms with Crippen LogP contribution >= 0.6 is 11.3 Å². The summed E-state index contributed by atoms with van der Waals surface area (Å²) in [4.78, 5) is 15.4. The predicted octanol–water partition coefficient (Wildman–Crippen LogP) is 16.1. The first-order chi connectivity index (χ1) is 31.5. The number of benzene rings is 8. The number of rotatable bonds is 5. The van der Waals surface area contributed by atoms with Gasteiger partial charge >= 0.3 is 0 Å². The smallest absolute Gasteiger partial charge is 0.165 e. The maximum absolute atomic E-state index is 5.20. The second kappa shape index (κ2) is 14.7. The lowest BCUT2D eigenvalue weighted by Crippen LogP contribution is -2.49. The van der Waals surface area contributed by atoms with Crippen LogP contribution in [-0.4, -0.2) is 15.0 Å². The molecular weight excluding hydrogens is 795 g/mol. The average Bonchev–Trinajstić information content (AvgIpc) is 3.88. The van der Waals surface area contributed by atoms with Gasteiger partial charge in [0.05, 0.1) is 0 Å². The Balaban J connectivity index is 0.917. The molecule has 2 heterocycles. The number of aromatic nitrogens is 3. The van der Waals surface area contributed by atoms with E-state index in [1.807, 2.05) is 18.2 Å². The van der Waals surface area contributed by atoms with Gasteiger partial charge in [0.25, 0.3) is 0 Å². The van der Waals surface area contributed by atoms with Crippen LogP contribution in [0.3, 0.4) is 0 Å². The molecule has 8 aromatic carbocycles. The molecule has 0 N–H and O–H groups in total. The number of hydrogen-bond acceptors (Lipinski definition) is 4. The molecule has 2 saturated carbocycles. The second-order valence-corrected chi connectivity index (χ2v) is 20.0. The zero-order valence-corrected chi connectivity index (χ0v) is 36.9. The van der Waals surface area contributed by atoms with Gasteiger partial charge in [0.15, 0.2) is 17.5 Å². The average molecular weight is 842 g/mol. The van der Waals surface area contributed by atoms with E-state index in [0.29, 0.717) is 29.3 Å². The monoisotopic (exact) mass is 841 g/mol. The summed E-state index contributed by atoms with van der Waals surface area (Å²) < 4.78 is 2.45. The molecule has 10 aromatic rings. The molecule has 2 fully saturated rings. The third-order valence-electron chi connectivity index (χ3n) is 15.2. The molecule has 5 atom stereocenters. The molecule has 4 heteroatoms. The van der Waals surface area contributed by atoms with Crippen LogP contribution in [-0.2, 0) is 5.41 Å². The van der Waals surface area contributed by atoms with Crippen LogP contribution in [0.1, 0.15) is 50.7 Å². The van der Waals surface area contributed by atoms with Crippen molar-refractivity contribution in [2.75, 3.05) is 0 Å². The van der Waals surface area contributed by atoms with Crippen molar-refractivity contribution < 1.29 is 0 Å². The summed E-state index contributed by atoms with van der Waals surface area (Å²) in [7, 11) is 0. The number of hydrogen-bond donors (Lipinski definition) is 0. The van der Waals surface area contributed by atoms with E-state index < -0.39 is 0 Å². The van der Waals surface area contributed by atoms with Crippen molar-refractivity contribution in [3.63, 3.8) is 0 Å². The van der Waals surface area contributed by atoms with Crippen LogP contribution in [0, 0.1) is 23.7 Å². The molecule has 0 radical (unpaired) electrons. The largest absolute Gasteiger partial charge is 0.208 e. The van der Waals surface area contributed by atoms with Gasteiger partial charge in [0, 0.05) is 42.3 Å². The number of fused-ring (bicyclic) bond motifs is 13. The molecule has 0 aliphatic heterocycles. The first-order valence-electron chi connectivity index (χ1n) is 23.1. The highest BCUT2D eigenvalue weighted by Crippen LogP contribution is 2.67. The zero-order chi connectivity index (χ0) is 42.5. The minimum Gasteiger partial charge on any atom is -0.208 e. The van der Waals surface area contributed by atoms with E-state index in [2.05, 4.69) is 172 Å². The molecule has 0 saturated heterocycles. The van der Waals surface area contributed by atoms with Crippen molar-refractivity contribution in [1.82, 2.24) is 15.0 Å². The van der Waals surface area contributed by atoms with Crippen LogP contribution < -0.4 is 0 Å². The Hall–Kier alpha value is -6.75. The minimum atomic E-state index is -0.0153. The highest BCUT2D eigenvalue weighted by atomic mass is 32.1. The Morgan fingerprint density at radius 3 is 1.97 bits per heavy atom. The molecule has 3 aliphatic rings. The lowest BCUT2D eigenvalue weighted by atomic mass is 9.49. The quantitative estimate of drug-likeness (QED) is 0.173. The van der Waals surface area contributed by atoms with Crippen LogP contribution in [0.2, 0.25) is 0 Å². The van der Waals surface area contributed by atoms with Crippen LogP contribution in [0.5, 0.6) is 0 Å². The fourth-order valence-electron chi connectivity index (χ4n) is 12.8. The molecular formula is C60H47N3S. The summed E-state index contributed by atoms with van der Waals surface area (Å²) in [5.41, 5.74) is 14.1. The Labute approximate surface area is 378 Å². The highest BCUT2D eigenvalue weighted by Gasteiger charge is 2.57. The van der Waals surface area contributed by atoms with Gasteiger partial charge in [-0.2, -0.15) is 0 Å². The minimum absolute atomic E-state index is 0.0153. The third-order valence-corrected chi connectivity index (χ3v) is 16.5. The van der Waals surface area contributed by atoms with Crippen molar-refractivity contribution >= 4 is 42.3 Å². The molecule has 2 bridgehead atoms. The molecule has 5 unspecified atom stereocenters. The number of thiophene rings is 1. The SMILES string of the molecule is CC1CC2CC(C)C3(c4ccc5ccccc5c4-c4cccc(-c5cccc(-c6ccc(-c7nc(-c8ccccc8)nc(-c8cccc9c8sc8ccccc89)n7)cc6)c5)c43)C(C1)C2. The van der Waals surface area contributed by atoms with E-state index in [1.165, 1.54) is 90.0 Å². The van der Waals surface area contributed by atoms with Crippen LogP contribution in [0.25, 0.3) is 98.5 Å². The topological polar surface area (TPSA) is 38.7 Å². The summed E-state index contributed by atoms with van der Waals surface area (Å²) in [6, 6.07) is 64.6. The molecule has 1 spiro atoms. The Kier molecular flexibility index (Phi) is 8.65. The first-order valence-corrected chi connectivity index (χ1v) is 23.9. The van der Waals surface area contributed by atoms with Crippen molar-refractivity contribution in [3.05, 3.63) is 187 Å². The summed E-state index contributed by atoms with van der Waals surface area (Å²) in [6.07, 6.45) is 5.30. The summed E-state index contributed by atoms with van der Waals surface area (Å²) in [5.74, 6) is 4.78. The second-order valence-electron chi connectivity index (χ2n) is 18.9. The van der Waals surface area contributed by atoms with Crippen molar-refractivity contribution in [2.45, 2.75) is 44.9 Å². The van der Waals surface area contributed by atoms with Gasteiger partial charge in [0.2, 0.25) is 0 Å². The van der Waals surface area contributed by atoms with Gasteiger partial charge in [-0.3, -0.25) is 0 Å². The molecule has 3 aliphatic carbocycles. The maximum atomic E-state index is 5.20. The third kappa shape index (κ3) is 5.74. The van der Waals surface area contributed by atoms with E-state index in [1.54, 1.807) is 22.5 Å². The molecule has 308 valence electrons. The van der Waals surface area contributed by atoms with Gasteiger partial charge in [0.1, 0.15) is 0 Å². The van der Waals surface area contributed by atoms with Crippen LogP contribution in [0.4, 0.5) is 0 Å². The fourth-order valence-corrected chi connectivity index (χ4v) is 14.0. The van der Waals surface area contributed by atoms with E-state index in [9.17, 15) is 0 Å². The standard InChI is InChI=1S/C60H47N3S/c1-36-31-38-33-37(2)60(45(32-36)34-38)52-30-29-40-13-6-7-18-46(40)54(52)50-22-11-20-47(55(50)60)44-17-10-16-43(35-44)39-25-27-42(28-26-39)58-61-57(41-14-4-3-5-15-41)62-59(63-58)51-23-12-21-49-48-19-8-9-24-53(48)64-56(49)51/h3-30,35-38,45H,31-34H2,1-2H3. The Morgan fingerprint density at radius 1 is 0.469 bits per heavy atom. The Bertz CT molecular complexity index is 3460. The lowest BCUT2D eigenvalue weighted by molar-refractivity contribution is 0.0429. The molecule has 64 heavy (non-hydrogen) atoms. The first kappa shape index (κ1) is 37.8. The van der Waals surface area contributed by atoms with E-state index >= 15 is 0 Å². The van der Waals surface area contributed by atoms with Gasteiger partial charge in [-0.05, 0) is 123 Å². The van der Waals surface area contributed by atoms with Gasteiger partial charge in [-0.1, -0.05) is 172 Å². The van der Waals surface area contributed by atoms with E-state index in [0.717, 1.165) is 28.5 Å². The molecule has 3 nitrogen and oxygen atoms in total. The lowest BCUT2D eigenvalue weighted by Gasteiger charge is -2.55. The fraction of sp³-hybridized carbons (Fsp3) is 0.183. The summed E-state index contributed by atoms with van der Waals surface area (Å²) >= 11 is 1.80. The van der Waals surface area contributed by atoms with Gasteiger partial charge in [-0.25, -0.2) is 15.0 Å². The van der Waals surface area contributed by atoms with Crippen molar-refractivity contribution in [3.8, 4) is 67.5 Å². The summed E-state index contributed by atoms with van der Waals surface area (Å²) in [5, 5.41) is 5.21. The number of nitrogens with zero attached hydrogens (tertiary/aromatic N) is 3. The van der Waals surface area contributed by atoms with Gasteiger partial charge in [-0.15, -0.1) is 11.3 Å². The van der Waals surface area contributed by atoms with Crippen molar-refractivity contribution in [1.29, 1.82) is 0 Å². The molecule has 2 aromatic heterocycles. The van der Waals surface area contributed by atoms with Gasteiger partial charge < -0.3 is 0 Å². The zero-order valence-electron chi connectivity index (χ0n) is 36.1. The predicted molar refractivity (Wildman–Crippen MR) is 267 cm³/mol. The molecule has 13 rings (SSSR count). The highest BCUT2D eigenvalue weighted by molar-refractivity contribution is 7.26.